The summed E-state index contributed by atoms with van der Waals surface area (Å²) in [7, 11) is 0. The normalized spacial score (nSPS) is 19.1. The zero-order valence-electron chi connectivity index (χ0n) is 11.0. The van der Waals surface area contributed by atoms with Gasteiger partial charge in [-0.1, -0.05) is 0 Å². The van der Waals surface area contributed by atoms with Gasteiger partial charge in [-0.2, -0.15) is 0 Å². The third kappa shape index (κ3) is 2.72. The van der Waals surface area contributed by atoms with Crippen LogP contribution in [0.5, 0.6) is 5.75 Å². The quantitative estimate of drug-likeness (QED) is 0.868. The van der Waals surface area contributed by atoms with Crippen molar-refractivity contribution in [1.29, 1.82) is 0 Å². The highest BCUT2D eigenvalue weighted by Crippen LogP contribution is 2.27. The van der Waals surface area contributed by atoms with Gasteiger partial charge in [-0.05, 0) is 45.0 Å². The number of rotatable bonds is 3. The lowest BCUT2D eigenvalue weighted by Crippen LogP contribution is -2.58. The maximum absolute atomic E-state index is 5.47. The summed E-state index contributed by atoms with van der Waals surface area (Å²) in [6.45, 7) is 10.4. The average Bonchev–Trinajstić information content (AvgIpc) is 2.30. The molecule has 0 bridgehead atoms. The van der Waals surface area contributed by atoms with Gasteiger partial charge in [0.25, 0.3) is 0 Å². The van der Waals surface area contributed by atoms with Gasteiger partial charge in [-0.25, -0.2) is 0 Å². The van der Waals surface area contributed by atoms with Gasteiger partial charge < -0.3 is 15.0 Å². The highest BCUT2D eigenvalue weighted by Gasteiger charge is 2.29. The van der Waals surface area contributed by atoms with E-state index < -0.39 is 0 Å². The van der Waals surface area contributed by atoms with Gasteiger partial charge in [0.15, 0.2) is 0 Å². The number of benzene rings is 1. The SMILES string of the molecule is CCOc1ccc(N2CCNCC2(C)C)cc1. The van der Waals surface area contributed by atoms with Gasteiger partial charge in [0.2, 0.25) is 0 Å². The van der Waals surface area contributed by atoms with Gasteiger partial charge in [-0.3, -0.25) is 0 Å². The molecule has 1 saturated heterocycles. The standard InChI is InChI=1S/C14H22N2O/c1-4-17-13-7-5-12(6-8-13)16-10-9-15-11-14(16,2)3/h5-8,15H,4,9-11H2,1-3H3. The Kier molecular flexibility index (Phi) is 3.57. The predicted octanol–water partition coefficient (Wildman–Crippen LogP) is 2.27. The van der Waals surface area contributed by atoms with Crippen molar-refractivity contribution in [2.24, 2.45) is 0 Å². The molecule has 17 heavy (non-hydrogen) atoms. The van der Waals surface area contributed by atoms with E-state index in [4.69, 9.17) is 4.74 Å². The summed E-state index contributed by atoms with van der Waals surface area (Å²) in [5.74, 6) is 0.948. The second-order valence-electron chi connectivity index (χ2n) is 5.07. The first-order chi connectivity index (χ1) is 8.13. The van der Waals surface area contributed by atoms with Crippen molar-refractivity contribution < 1.29 is 4.74 Å². The van der Waals surface area contributed by atoms with Crippen LogP contribution in [-0.2, 0) is 0 Å². The number of anilines is 1. The van der Waals surface area contributed by atoms with Crippen molar-refractivity contribution in [3.05, 3.63) is 24.3 Å². The first-order valence-corrected chi connectivity index (χ1v) is 6.35. The fourth-order valence-electron chi connectivity index (χ4n) is 2.35. The van der Waals surface area contributed by atoms with E-state index in [1.165, 1.54) is 5.69 Å². The first-order valence-electron chi connectivity index (χ1n) is 6.35. The fraction of sp³-hybridized carbons (Fsp3) is 0.571. The lowest BCUT2D eigenvalue weighted by Gasteiger charge is -2.44. The molecular weight excluding hydrogens is 212 g/mol. The minimum absolute atomic E-state index is 0.172. The van der Waals surface area contributed by atoms with Crippen LogP contribution in [0.25, 0.3) is 0 Å². The third-order valence-electron chi connectivity index (χ3n) is 3.26. The fourth-order valence-corrected chi connectivity index (χ4v) is 2.35. The summed E-state index contributed by atoms with van der Waals surface area (Å²) in [6.07, 6.45) is 0. The van der Waals surface area contributed by atoms with E-state index in [9.17, 15) is 0 Å². The first kappa shape index (κ1) is 12.2. The molecule has 0 radical (unpaired) electrons. The number of hydrogen-bond donors (Lipinski definition) is 1. The minimum Gasteiger partial charge on any atom is -0.494 e. The van der Waals surface area contributed by atoms with Crippen LogP contribution in [0.15, 0.2) is 24.3 Å². The highest BCUT2D eigenvalue weighted by atomic mass is 16.5. The number of nitrogens with zero attached hydrogens (tertiary/aromatic N) is 1. The Morgan fingerprint density at radius 3 is 2.59 bits per heavy atom. The van der Waals surface area contributed by atoms with Crippen LogP contribution in [0.4, 0.5) is 5.69 Å². The molecule has 1 aliphatic rings. The van der Waals surface area contributed by atoms with Crippen molar-refractivity contribution in [1.82, 2.24) is 5.32 Å². The second-order valence-corrected chi connectivity index (χ2v) is 5.07. The molecule has 0 aromatic heterocycles. The molecule has 1 aromatic carbocycles. The maximum Gasteiger partial charge on any atom is 0.119 e. The lowest BCUT2D eigenvalue weighted by molar-refractivity contribution is 0.340. The summed E-state index contributed by atoms with van der Waals surface area (Å²) in [5.41, 5.74) is 1.45. The topological polar surface area (TPSA) is 24.5 Å². The number of ether oxygens (including phenoxy) is 1. The van der Waals surface area contributed by atoms with Crippen LogP contribution in [0.1, 0.15) is 20.8 Å². The van der Waals surface area contributed by atoms with Gasteiger partial charge in [-0.15, -0.1) is 0 Å². The molecule has 1 aliphatic heterocycles. The van der Waals surface area contributed by atoms with E-state index >= 15 is 0 Å². The molecule has 3 nitrogen and oxygen atoms in total. The number of nitrogens with one attached hydrogen (secondary N) is 1. The number of piperazine rings is 1. The van der Waals surface area contributed by atoms with Gasteiger partial charge in [0.05, 0.1) is 6.61 Å². The Morgan fingerprint density at radius 2 is 2.00 bits per heavy atom. The molecule has 1 fully saturated rings. The summed E-state index contributed by atoms with van der Waals surface area (Å²) in [4.78, 5) is 2.46. The van der Waals surface area contributed by atoms with Crippen LogP contribution in [0.3, 0.4) is 0 Å². The third-order valence-corrected chi connectivity index (χ3v) is 3.26. The maximum atomic E-state index is 5.47. The predicted molar refractivity (Wildman–Crippen MR) is 71.9 cm³/mol. The zero-order chi connectivity index (χ0) is 12.3. The van der Waals surface area contributed by atoms with Crippen LogP contribution < -0.4 is 15.0 Å². The lowest BCUT2D eigenvalue weighted by atomic mass is 9.99. The Labute approximate surface area is 104 Å². The molecule has 0 aliphatic carbocycles. The Balaban J connectivity index is 2.15. The smallest absolute Gasteiger partial charge is 0.119 e. The molecule has 0 unspecified atom stereocenters. The minimum atomic E-state index is 0.172. The molecule has 1 heterocycles. The van der Waals surface area contributed by atoms with Crippen LogP contribution in [0.2, 0.25) is 0 Å². The summed E-state index contributed by atoms with van der Waals surface area (Å²) in [5, 5.41) is 3.44. The zero-order valence-corrected chi connectivity index (χ0v) is 11.0. The van der Waals surface area contributed by atoms with Gasteiger partial charge in [0, 0.05) is 30.9 Å². The Morgan fingerprint density at radius 1 is 1.29 bits per heavy atom. The molecule has 94 valence electrons. The van der Waals surface area contributed by atoms with E-state index in [1.54, 1.807) is 0 Å². The summed E-state index contributed by atoms with van der Waals surface area (Å²) >= 11 is 0. The van der Waals surface area contributed by atoms with Gasteiger partial charge in [0.1, 0.15) is 5.75 Å². The monoisotopic (exact) mass is 234 g/mol. The Hall–Kier alpha value is -1.22. The molecule has 0 saturated carbocycles. The van der Waals surface area contributed by atoms with Crippen LogP contribution in [0, 0.1) is 0 Å². The molecular formula is C14H22N2O. The van der Waals surface area contributed by atoms with Crippen molar-refractivity contribution in [2.45, 2.75) is 26.3 Å². The molecule has 0 amide bonds. The van der Waals surface area contributed by atoms with Crippen molar-refractivity contribution in [2.75, 3.05) is 31.1 Å². The van der Waals surface area contributed by atoms with E-state index in [0.29, 0.717) is 0 Å². The highest BCUT2D eigenvalue weighted by molar-refractivity contribution is 5.51. The molecule has 1 N–H and O–H groups in total. The summed E-state index contributed by atoms with van der Waals surface area (Å²) in [6, 6.07) is 8.41. The second kappa shape index (κ2) is 4.96. The molecule has 1 aromatic rings. The average molecular weight is 234 g/mol. The van der Waals surface area contributed by atoms with Crippen molar-refractivity contribution in [3.63, 3.8) is 0 Å². The van der Waals surface area contributed by atoms with Crippen LogP contribution in [-0.4, -0.2) is 31.8 Å². The Bertz CT molecular complexity index is 359. The molecule has 0 spiro atoms. The van der Waals surface area contributed by atoms with E-state index in [0.717, 1.165) is 32.0 Å². The van der Waals surface area contributed by atoms with E-state index in [-0.39, 0.29) is 5.54 Å². The van der Waals surface area contributed by atoms with Gasteiger partial charge >= 0.3 is 0 Å². The van der Waals surface area contributed by atoms with Crippen molar-refractivity contribution >= 4 is 5.69 Å². The molecule has 2 rings (SSSR count). The van der Waals surface area contributed by atoms with Crippen LogP contribution >= 0.6 is 0 Å². The molecule has 3 heteroatoms. The number of hydrogen-bond acceptors (Lipinski definition) is 3. The summed E-state index contributed by atoms with van der Waals surface area (Å²) < 4.78 is 5.47. The molecule has 0 atom stereocenters. The largest absolute Gasteiger partial charge is 0.494 e. The van der Waals surface area contributed by atoms with E-state index in [1.807, 2.05) is 6.92 Å². The van der Waals surface area contributed by atoms with E-state index in [2.05, 4.69) is 48.3 Å². The van der Waals surface area contributed by atoms with Crippen molar-refractivity contribution in [3.8, 4) is 5.75 Å².